The summed E-state index contributed by atoms with van der Waals surface area (Å²) < 4.78 is 23.7. The van der Waals surface area contributed by atoms with Crippen LogP contribution in [0.25, 0.3) is 0 Å². The molecule has 1 aliphatic heterocycles. The average Bonchev–Trinajstić information content (AvgIpc) is 2.29. The topological polar surface area (TPSA) is 44.5 Å². The molecular weight excluding hydrogens is 197 g/mol. The number of rotatable bonds is 2. The zero-order chi connectivity index (χ0) is 10.7. The van der Waals surface area contributed by atoms with Crippen molar-refractivity contribution in [2.45, 2.75) is 12.1 Å². The van der Waals surface area contributed by atoms with Gasteiger partial charge in [0, 0.05) is 0 Å². The van der Waals surface area contributed by atoms with Gasteiger partial charge in [0.1, 0.15) is 11.9 Å². The summed E-state index contributed by atoms with van der Waals surface area (Å²) in [6.45, 7) is 1.62. The van der Waals surface area contributed by atoms with Crippen molar-refractivity contribution in [3.8, 4) is 0 Å². The number of nitrogens with two attached hydrogens (primary N) is 1. The molecule has 0 spiro atoms. The fourth-order valence-corrected chi connectivity index (χ4v) is 1.64. The van der Waals surface area contributed by atoms with Crippen LogP contribution < -0.4 is 5.73 Å². The molecule has 2 rings (SSSR count). The Morgan fingerprint density at radius 3 is 2.93 bits per heavy atom. The van der Waals surface area contributed by atoms with Crippen LogP contribution in [0.1, 0.15) is 11.6 Å². The molecule has 1 aromatic rings. The lowest BCUT2D eigenvalue weighted by Gasteiger charge is -2.28. The third kappa shape index (κ3) is 2.53. The maximum Gasteiger partial charge on any atom is 0.123 e. The molecule has 1 heterocycles. The zero-order valence-corrected chi connectivity index (χ0v) is 8.36. The Kier molecular flexibility index (Phi) is 3.30. The third-order valence-corrected chi connectivity index (χ3v) is 2.48. The summed E-state index contributed by atoms with van der Waals surface area (Å²) in [5, 5.41) is 0. The second-order valence-corrected chi connectivity index (χ2v) is 3.56. The van der Waals surface area contributed by atoms with Gasteiger partial charge in [0.2, 0.25) is 0 Å². The molecule has 2 unspecified atom stereocenters. The van der Waals surface area contributed by atoms with E-state index in [4.69, 9.17) is 15.2 Å². The van der Waals surface area contributed by atoms with Crippen LogP contribution in [-0.2, 0) is 9.47 Å². The number of benzene rings is 1. The highest BCUT2D eigenvalue weighted by atomic mass is 19.1. The molecule has 1 fully saturated rings. The molecule has 0 amide bonds. The number of ether oxygens (including phenoxy) is 2. The summed E-state index contributed by atoms with van der Waals surface area (Å²) in [5.74, 6) is -0.278. The van der Waals surface area contributed by atoms with Gasteiger partial charge in [0.05, 0.1) is 25.9 Å². The van der Waals surface area contributed by atoms with E-state index in [0.717, 1.165) is 5.56 Å². The van der Waals surface area contributed by atoms with E-state index in [2.05, 4.69) is 0 Å². The highest BCUT2D eigenvalue weighted by molar-refractivity contribution is 5.21. The van der Waals surface area contributed by atoms with Crippen LogP contribution in [-0.4, -0.2) is 25.9 Å². The fourth-order valence-electron chi connectivity index (χ4n) is 1.64. The van der Waals surface area contributed by atoms with E-state index >= 15 is 0 Å². The van der Waals surface area contributed by atoms with Gasteiger partial charge in [-0.1, -0.05) is 12.1 Å². The monoisotopic (exact) mass is 211 g/mol. The van der Waals surface area contributed by atoms with Gasteiger partial charge in [-0.3, -0.25) is 0 Å². The molecule has 0 radical (unpaired) electrons. The van der Waals surface area contributed by atoms with Crippen molar-refractivity contribution in [2.24, 2.45) is 5.73 Å². The van der Waals surface area contributed by atoms with Gasteiger partial charge < -0.3 is 15.2 Å². The minimum atomic E-state index is -0.332. The van der Waals surface area contributed by atoms with Gasteiger partial charge in [-0.25, -0.2) is 4.39 Å². The van der Waals surface area contributed by atoms with E-state index in [0.29, 0.717) is 19.8 Å². The summed E-state index contributed by atoms with van der Waals surface area (Å²) in [4.78, 5) is 0. The average molecular weight is 211 g/mol. The highest BCUT2D eigenvalue weighted by Gasteiger charge is 2.23. The summed E-state index contributed by atoms with van der Waals surface area (Å²) in [7, 11) is 0. The van der Waals surface area contributed by atoms with E-state index in [1.165, 1.54) is 12.1 Å². The molecule has 15 heavy (non-hydrogen) atoms. The predicted octanol–water partition coefficient (Wildman–Crippen LogP) is 1.24. The van der Waals surface area contributed by atoms with Crippen molar-refractivity contribution in [3.05, 3.63) is 35.6 Å². The summed E-state index contributed by atoms with van der Waals surface area (Å²) in [6, 6.07) is 5.94. The summed E-state index contributed by atoms with van der Waals surface area (Å²) >= 11 is 0. The molecule has 82 valence electrons. The van der Waals surface area contributed by atoms with Gasteiger partial charge in [-0.2, -0.15) is 0 Å². The van der Waals surface area contributed by atoms with Crippen LogP contribution >= 0.6 is 0 Å². The summed E-state index contributed by atoms with van der Waals surface area (Å²) in [6.07, 6.45) is -0.180. The Bertz CT molecular complexity index is 326. The van der Waals surface area contributed by atoms with Crippen LogP contribution in [0.4, 0.5) is 4.39 Å². The lowest BCUT2D eigenvalue weighted by molar-refractivity contribution is -0.0975. The standard InChI is InChI=1S/C11H14FNO2/c12-9-3-1-2-8(6-9)11(13)10-7-14-4-5-15-10/h1-3,6,10-11H,4-5,7,13H2. The van der Waals surface area contributed by atoms with Gasteiger partial charge >= 0.3 is 0 Å². The fraction of sp³-hybridized carbons (Fsp3) is 0.455. The smallest absolute Gasteiger partial charge is 0.123 e. The van der Waals surface area contributed by atoms with Crippen molar-refractivity contribution in [2.75, 3.05) is 19.8 Å². The van der Waals surface area contributed by atoms with Crippen LogP contribution in [0.5, 0.6) is 0 Å². The van der Waals surface area contributed by atoms with E-state index < -0.39 is 0 Å². The Labute approximate surface area is 88.0 Å². The molecule has 2 atom stereocenters. The number of halogens is 1. The highest BCUT2D eigenvalue weighted by Crippen LogP contribution is 2.19. The molecule has 0 bridgehead atoms. The molecule has 1 aliphatic rings. The number of hydrogen-bond donors (Lipinski definition) is 1. The molecule has 3 nitrogen and oxygen atoms in total. The molecule has 0 aromatic heterocycles. The Balaban J connectivity index is 2.08. The largest absolute Gasteiger partial charge is 0.376 e. The van der Waals surface area contributed by atoms with Crippen molar-refractivity contribution in [1.29, 1.82) is 0 Å². The van der Waals surface area contributed by atoms with Crippen molar-refractivity contribution >= 4 is 0 Å². The van der Waals surface area contributed by atoms with Gasteiger partial charge in [-0.05, 0) is 17.7 Å². The first-order valence-electron chi connectivity index (χ1n) is 4.98. The summed E-state index contributed by atoms with van der Waals surface area (Å²) in [5.41, 5.74) is 6.71. The Hall–Kier alpha value is -0.970. The van der Waals surface area contributed by atoms with Crippen LogP contribution in [0.2, 0.25) is 0 Å². The third-order valence-electron chi connectivity index (χ3n) is 2.48. The molecular formula is C11H14FNO2. The first-order valence-corrected chi connectivity index (χ1v) is 4.98. The lowest BCUT2D eigenvalue weighted by Crippen LogP contribution is -2.37. The predicted molar refractivity (Wildman–Crippen MR) is 53.9 cm³/mol. The maximum absolute atomic E-state index is 13.0. The minimum absolute atomic E-state index is 0.180. The first kappa shape index (κ1) is 10.5. The zero-order valence-electron chi connectivity index (χ0n) is 8.36. The van der Waals surface area contributed by atoms with Gasteiger partial charge in [-0.15, -0.1) is 0 Å². The van der Waals surface area contributed by atoms with Crippen LogP contribution in [0.15, 0.2) is 24.3 Å². The molecule has 2 N–H and O–H groups in total. The van der Waals surface area contributed by atoms with E-state index in [1.54, 1.807) is 12.1 Å². The van der Waals surface area contributed by atoms with Crippen LogP contribution in [0, 0.1) is 5.82 Å². The van der Waals surface area contributed by atoms with E-state index in [9.17, 15) is 4.39 Å². The van der Waals surface area contributed by atoms with Crippen molar-refractivity contribution in [3.63, 3.8) is 0 Å². The quantitative estimate of drug-likeness (QED) is 0.800. The van der Waals surface area contributed by atoms with Gasteiger partial charge in [0.15, 0.2) is 0 Å². The second-order valence-electron chi connectivity index (χ2n) is 3.56. The van der Waals surface area contributed by atoms with Gasteiger partial charge in [0.25, 0.3) is 0 Å². The second kappa shape index (κ2) is 4.70. The van der Waals surface area contributed by atoms with E-state index in [1.807, 2.05) is 0 Å². The molecule has 1 saturated heterocycles. The lowest BCUT2D eigenvalue weighted by atomic mass is 10.0. The van der Waals surface area contributed by atoms with Crippen molar-refractivity contribution in [1.82, 2.24) is 0 Å². The van der Waals surface area contributed by atoms with Crippen molar-refractivity contribution < 1.29 is 13.9 Å². The SMILES string of the molecule is NC(c1cccc(F)c1)C1COCCO1. The Morgan fingerprint density at radius 1 is 1.40 bits per heavy atom. The van der Waals surface area contributed by atoms with E-state index in [-0.39, 0.29) is 18.0 Å². The normalized spacial score (nSPS) is 23.7. The molecule has 4 heteroatoms. The minimum Gasteiger partial charge on any atom is -0.376 e. The van der Waals surface area contributed by atoms with Crippen LogP contribution in [0.3, 0.4) is 0 Å². The molecule has 0 saturated carbocycles. The number of hydrogen-bond acceptors (Lipinski definition) is 3. The Morgan fingerprint density at radius 2 is 2.27 bits per heavy atom. The first-order chi connectivity index (χ1) is 7.27. The molecule has 1 aromatic carbocycles. The maximum atomic E-state index is 13.0. The molecule has 0 aliphatic carbocycles.